The Labute approximate surface area is 134 Å². The van der Waals surface area contributed by atoms with Crippen LogP contribution in [0.3, 0.4) is 0 Å². The summed E-state index contributed by atoms with van der Waals surface area (Å²) in [6, 6.07) is 9.49. The van der Waals surface area contributed by atoms with Crippen molar-refractivity contribution in [3.63, 3.8) is 0 Å². The maximum absolute atomic E-state index is 13.7. The Kier molecular flexibility index (Phi) is 4.52. The zero-order valence-corrected chi connectivity index (χ0v) is 13.4. The third-order valence-corrected chi connectivity index (χ3v) is 4.76. The summed E-state index contributed by atoms with van der Waals surface area (Å²) >= 11 is 8.81. The maximum Gasteiger partial charge on any atom is 0.264 e. The van der Waals surface area contributed by atoms with Crippen molar-refractivity contribution in [3.8, 4) is 6.07 Å². The largest absolute Gasteiger partial charge is 0.279 e. The number of hydrogen-bond donors (Lipinski definition) is 1. The van der Waals surface area contributed by atoms with Crippen molar-refractivity contribution in [2.75, 3.05) is 4.72 Å². The number of hydrogen-bond acceptors (Lipinski definition) is 3. The summed E-state index contributed by atoms with van der Waals surface area (Å²) < 4.78 is 40.6. The molecule has 0 bridgehead atoms. The van der Waals surface area contributed by atoms with Crippen molar-refractivity contribution in [2.45, 2.75) is 4.90 Å². The predicted molar refractivity (Wildman–Crippen MR) is 81.1 cm³/mol. The van der Waals surface area contributed by atoms with E-state index in [9.17, 15) is 12.8 Å². The zero-order chi connectivity index (χ0) is 15.6. The van der Waals surface area contributed by atoms with Crippen LogP contribution < -0.4 is 4.72 Å². The maximum atomic E-state index is 13.7. The number of nitrogens with zero attached hydrogens (tertiary/aromatic N) is 1. The van der Waals surface area contributed by atoms with Crippen LogP contribution in [0.2, 0.25) is 5.02 Å². The molecule has 0 saturated heterocycles. The monoisotopic (exact) mass is 388 g/mol. The standard InChI is InChI=1S/C13H7BrClFN2O2S/c14-9-1-4-13(12(16)6-9)21(19,20)18-10-2-3-11(15)8(5-10)7-17/h1-6,18H. The lowest BCUT2D eigenvalue weighted by Crippen LogP contribution is -2.14. The molecule has 0 heterocycles. The molecule has 0 radical (unpaired) electrons. The van der Waals surface area contributed by atoms with Gasteiger partial charge in [0.2, 0.25) is 0 Å². The predicted octanol–water partition coefficient (Wildman–Crippen LogP) is 3.91. The summed E-state index contributed by atoms with van der Waals surface area (Å²) in [5.74, 6) is -0.883. The molecule has 2 rings (SSSR count). The lowest BCUT2D eigenvalue weighted by Gasteiger charge is -2.09. The van der Waals surface area contributed by atoms with Gasteiger partial charge in [-0.15, -0.1) is 0 Å². The minimum Gasteiger partial charge on any atom is -0.279 e. The van der Waals surface area contributed by atoms with Gasteiger partial charge in [0.25, 0.3) is 10.0 Å². The molecule has 2 aromatic rings. The molecular weight excluding hydrogens is 383 g/mol. The van der Waals surface area contributed by atoms with Gasteiger partial charge in [-0.3, -0.25) is 4.72 Å². The molecule has 0 atom stereocenters. The van der Waals surface area contributed by atoms with Crippen molar-refractivity contribution in [1.29, 1.82) is 5.26 Å². The van der Waals surface area contributed by atoms with E-state index in [2.05, 4.69) is 20.7 Å². The van der Waals surface area contributed by atoms with E-state index in [0.29, 0.717) is 4.47 Å². The number of halogens is 3. The molecule has 1 N–H and O–H groups in total. The highest BCUT2D eigenvalue weighted by Gasteiger charge is 2.19. The molecular formula is C13H7BrClFN2O2S. The van der Waals surface area contributed by atoms with E-state index in [1.165, 1.54) is 24.3 Å². The van der Waals surface area contributed by atoms with Gasteiger partial charge in [0.1, 0.15) is 16.8 Å². The first-order chi connectivity index (χ1) is 9.83. The van der Waals surface area contributed by atoms with Crippen LogP contribution in [-0.2, 0) is 10.0 Å². The van der Waals surface area contributed by atoms with Gasteiger partial charge in [-0.05, 0) is 36.4 Å². The Morgan fingerprint density at radius 2 is 1.95 bits per heavy atom. The van der Waals surface area contributed by atoms with Gasteiger partial charge in [0.05, 0.1) is 16.3 Å². The second-order valence-electron chi connectivity index (χ2n) is 3.99. The molecule has 0 unspecified atom stereocenters. The van der Waals surface area contributed by atoms with E-state index in [4.69, 9.17) is 16.9 Å². The van der Waals surface area contributed by atoms with Gasteiger partial charge in [-0.1, -0.05) is 27.5 Å². The minimum atomic E-state index is -4.10. The van der Waals surface area contributed by atoms with Gasteiger partial charge < -0.3 is 0 Å². The average Bonchev–Trinajstić information content (AvgIpc) is 2.40. The average molecular weight is 390 g/mol. The van der Waals surface area contributed by atoms with Crippen molar-refractivity contribution in [1.82, 2.24) is 0 Å². The van der Waals surface area contributed by atoms with E-state index in [1.54, 1.807) is 0 Å². The molecule has 0 aliphatic rings. The highest BCUT2D eigenvalue weighted by molar-refractivity contribution is 9.10. The second-order valence-corrected chi connectivity index (χ2v) is 6.96. The number of rotatable bonds is 3. The number of nitrogens with one attached hydrogen (secondary N) is 1. The van der Waals surface area contributed by atoms with Gasteiger partial charge in [0, 0.05) is 4.47 Å². The van der Waals surface area contributed by atoms with Gasteiger partial charge in [0.15, 0.2) is 0 Å². The topological polar surface area (TPSA) is 70.0 Å². The summed E-state index contributed by atoms with van der Waals surface area (Å²) in [4.78, 5) is -0.487. The first-order valence-corrected chi connectivity index (χ1v) is 8.16. The molecule has 0 spiro atoms. The molecule has 2 aromatic carbocycles. The first-order valence-electron chi connectivity index (χ1n) is 5.51. The molecule has 0 aliphatic carbocycles. The molecule has 21 heavy (non-hydrogen) atoms. The van der Waals surface area contributed by atoms with Crippen LogP contribution in [0.5, 0.6) is 0 Å². The Morgan fingerprint density at radius 1 is 1.24 bits per heavy atom. The van der Waals surface area contributed by atoms with Crippen molar-refractivity contribution < 1.29 is 12.8 Å². The summed E-state index contributed by atoms with van der Waals surface area (Å²) in [6.07, 6.45) is 0. The van der Waals surface area contributed by atoms with E-state index < -0.39 is 20.7 Å². The lowest BCUT2D eigenvalue weighted by molar-refractivity contribution is 0.570. The Morgan fingerprint density at radius 3 is 2.57 bits per heavy atom. The smallest absolute Gasteiger partial charge is 0.264 e. The normalized spacial score (nSPS) is 11.0. The molecule has 0 fully saturated rings. The van der Waals surface area contributed by atoms with Crippen LogP contribution in [0.4, 0.5) is 10.1 Å². The van der Waals surface area contributed by atoms with E-state index in [0.717, 1.165) is 12.1 Å². The number of benzene rings is 2. The summed E-state index contributed by atoms with van der Waals surface area (Å²) in [5, 5.41) is 9.06. The second kappa shape index (κ2) is 6.02. The van der Waals surface area contributed by atoms with Crippen LogP contribution in [0, 0.1) is 17.1 Å². The summed E-state index contributed by atoms with van der Waals surface area (Å²) in [5.41, 5.74) is 0.242. The molecule has 8 heteroatoms. The molecule has 4 nitrogen and oxygen atoms in total. The number of anilines is 1. The quantitative estimate of drug-likeness (QED) is 0.865. The molecule has 0 aliphatic heterocycles. The fourth-order valence-corrected chi connectivity index (χ4v) is 3.18. The highest BCUT2D eigenvalue weighted by Crippen LogP contribution is 2.24. The van der Waals surface area contributed by atoms with Gasteiger partial charge in [-0.25, -0.2) is 12.8 Å². The van der Waals surface area contributed by atoms with Crippen LogP contribution in [0.25, 0.3) is 0 Å². The van der Waals surface area contributed by atoms with Crippen molar-refractivity contribution in [3.05, 3.63) is 57.3 Å². The summed E-state index contributed by atoms with van der Waals surface area (Å²) in [7, 11) is -4.10. The number of sulfonamides is 1. The SMILES string of the molecule is N#Cc1cc(NS(=O)(=O)c2ccc(Br)cc2F)ccc1Cl. The lowest BCUT2D eigenvalue weighted by atomic mass is 10.2. The minimum absolute atomic E-state index is 0.119. The Balaban J connectivity index is 2.40. The van der Waals surface area contributed by atoms with Gasteiger partial charge in [-0.2, -0.15) is 5.26 Å². The molecule has 108 valence electrons. The summed E-state index contributed by atoms with van der Waals surface area (Å²) in [6.45, 7) is 0. The van der Waals surface area contributed by atoms with Crippen molar-refractivity contribution in [2.24, 2.45) is 0 Å². The van der Waals surface area contributed by atoms with Crippen LogP contribution in [0.15, 0.2) is 45.8 Å². The zero-order valence-electron chi connectivity index (χ0n) is 10.3. The first kappa shape index (κ1) is 15.8. The van der Waals surface area contributed by atoms with Crippen LogP contribution in [-0.4, -0.2) is 8.42 Å². The Bertz CT molecular complexity index is 850. The van der Waals surface area contributed by atoms with Crippen LogP contribution in [0.1, 0.15) is 5.56 Å². The fourth-order valence-electron chi connectivity index (χ4n) is 1.58. The van der Waals surface area contributed by atoms with E-state index >= 15 is 0 Å². The highest BCUT2D eigenvalue weighted by atomic mass is 79.9. The molecule has 0 saturated carbocycles. The molecule has 0 amide bonds. The van der Waals surface area contributed by atoms with Gasteiger partial charge >= 0.3 is 0 Å². The fraction of sp³-hybridized carbons (Fsp3) is 0. The van der Waals surface area contributed by atoms with E-state index in [-0.39, 0.29) is 16.3 Å². The van der Waals surface area contributed by atoms with Crippen molar-refractivity contribution >= 4 is 43.2 Å². The Hall–Kier alpha value is -1.62. The van der Waals surface area contributed by atoms with Crippen LogP contribution >= 0.6 is 27.5 Å². The molecule has 0 aromatic heterocycles. The third kappa shape index (κ3) is 3.53. The third-order valence-electron chi connectivity index (χ3n) is 2.52. The number of nitriles is 1. The van der Waals surface area contributed by atoms with E-state index in [1.807, 2.05) is 6.07 Å².